The van der Waals surface area contributed by atoms with Gasteiger partial charge in [0.05, 0.1) is 18.0 Å². The van der Waals surface area contributed by atoms with Crippen molar-refractivity contribution in [3.05, 3.63) is 65.5 Å². The SMILES string of the molecule is CC(NC(=O)Cc1cccc(C(F)(F)F)c1)c1ccncc1. The Kier molecular flexibility index (Phi) is 4.80. The van der Waals surface area contributed by atoms with Crippen LogP contribution in [0.15, 0.2) is 48.8 Å². The maximum atomic E-state index is 12.6. The summed E-state index contributed by atoms with van der Waals surface area (Å²) in [7, 11) is 0. The van der Waals surface area contributed by atoms with Gasteiger partial charge in [-0.2, -0.15) is 13.2 Å². The molecule has 0 bridgehead atoms. The number of rotatable bonds is 4. The molecule has 0 fully saturated rings. The fourth-order valence-corrected chi connectivity index (χ4v) is 2.07. The summed E-state index contributed by atoms with van der Waals surface area (Å²) < 4.78 is 37.9. The van der Waals surface area contributed by atoms with Crippen molar-refractivity contribution < 1.29 is 18.0 Å². The quantitative estimate of drug-likeness (QED) is 0.939. The summed E-state index contributed by atoms with van der Waals surface area (Å²) >= 11 is 0. The van der Waals surface area contributed by atoms with E-state index in [4.69, 9.17) is 0 Å². The van der Waals surface area contributed by atoms with Gasteiger partial charge in [-0.05, 0) is 36.2 Å². The van der Waals surface area contributed by atoms with E-state index < -0.39 is 11.7 Å². The Bertz CT molecular complexity index is 641. The average molecular weight is 308 g/mol. The Morgan fingerprint density at radius 1 is 1.23 bits per heavy atom. The van der Waals surface area contributed by atoms with Crippen LogP contribution in [0.1, 0.15) is 29.7 Å². The van der Waals surface area contributed by atoms with Gasteiger partial charge in [0.2, 0.25) is 5.91 Å². The summed E-state index contributed by atoms with van der Waals surface area (Å²) in [5.41, 5.74) is 0.460. The number of carbonyl (C=O) groups is 1. The molecule has 6 heteroatoms. The van der Waals surface area contributed by atoms with Gasteiger partial charge < -0.3 is 5.32 Å². The number of hydrogen-bond donors (Lipinski definition) is 1. The Labute approximate surface area is 126 Å². The lowest BCUT2D eigenvalue weighted by Crippen LogP contribution is -2.28. The second-order valence-electron chi connectivity index (χ2n) is 4.94. The summed E-state index contributed by atoms with van der Waals surface area (Å²) in [6, 6.07) is 8.10. The predicted molar refractivity (Wildman–Crippen MR) is 75.9 cm³/mol. The smallest absolute Gasteiger partial charge is 0.349 e. The number of nitrogens with one attached hydrogen (secondary N) is 1. The normalized spacial score (nSPS) is 12.7. The number of halogens is 3. The molecular formula is C16H15F3N2O. The molecule has 1 aromatic carbocycles. The molecule has 0 aliphatic carbocycles. The first kappa shape index (κ1) is 16.0. The standard InChI is InChI=1S/C16H15F3N2O/c1-11(13-5-7-20-8-6-13)21-15(22)10-12-3-2-4-14(9-12)16(17,18)19/h2-9,11H,10H2,1H3,(H,21,22). The van der Waals surface area contributed by atoms with Gasteiger partial charge in [-0.25, -0.2) is 0 Å². The molecule has 1 heterocycles. The molecule has 1 N–H and O–H groups in total. The van der Waals surface area contributed by atoms with Crippen LogP contribution < -0.4 is 5.32 Å². The molecule has 2 aromatic rings. The summed E-state index contributed by atoms with van der Waals surface area (Å²) in [6.07, 6.45) is -1.27. The number of aromatic nitrogens is 1. The minimum Gasteiger partial charge on any atom is -0.349 e. The first-order valence-corrected chi connectivity index (χ1v) is 6.71. The van der Waals surface area contributed by atoms with E-state index in [2.05, 4.69) is 10.3 Å². The molecule has 1 aromatic heterocycles. The Morgan fingerprint density at radius 2 is 1.91 bits per heavy atom. The molecule has 0 saturated carbocycles. The third-order valence-corrected chi connectivity index (χ3v) is 3.20. The van der Waals surface area contributed by atoms with Gasteiger partial charge >= 0.3 is 6.18 Å². The highest BCUT2D eigenvalue weighted by Crippen LogP contribution is 2.29. The second-order valence-corrected chi connectivity index (χ2v) is 4.94. The van der Waals surface area contributed by atoms with E-state index in [1.807, 2.05) is 0 Å². The van der Waals surface area contributed by atoms with Crippen molar-refractivity contribution in [3.8, 4) is 0 Å². The van der Waals surface area contributed by atoms with Gasteiger partial charge in [-0.15, -0.1) is 0 Å². The molecular weight excluding hydrogens is 293 g/mol. The van der Waals surface area contributed by atoms with Crippen LogP contribution in [0.2, 0.25) is 0 Å². The highest BCUT2D eigenvalue weighted by Gasteiger charge is 2.30. The minimum atomic E-state index is -4.41. The van der Waals surface area contributed by atoms with Gasteiger partial charge in [0.25, 0.3) is 0 Å². The van der Waals surface area contributed by atoms with Crippen molar-refractivity contribution in [2.75, 3.05) is 0 Å². The van der Waals surface area contributed by atoms with Crippen LogP contribution in [0, 0.1) is 0 Å². The van der Waals surface area contributed by atoms with Crippen LogP contribution in [0.3, 0.4) is 0 Å². The highest BCUT2D eigenvalue weighted by atomic mass is 19.4. The molecule has 3 nitrogen and oxygen atoms in total. The van der Waals surface area contributed by atoms with Crippen LogP contribution in [-0.4, -0.2) is 10.9 Å². The second kappa shape index (κ2) is 6.60. The molecule has 1 atom stereocenters. The Morgan fingerprint density at radius 3 is 2.55 bits per heavy atom. The molecule has 1 unspecified atom stereocenters. The van der Waals surface area contributed by atoms with Crippen LogP contribution in [0.4, 0.5) is 13.2 Å². The molecule has 2 rings (SSSR count). The average Bonchev–Trinajstić information content (AvgIpc) is 2.47. The maximum absolute atomic E-state index is 12.6. The topological polar surface area (TPSA) is 42.0 Å². The lowest BCUT2D eigenvalue weighted by atomic mass is 10.1. The van der Waals surface area contributed by atoms with E-state index in [9.17, 15) is 18.0 Å². The summed E-state index contributed by atoms with van der Waals surface area (Å²) in [4.78, 5) is 15.8. The molecule has 22 heavy (non-hydrogen) atoms. The number of nitrogens with zero attached hydrogens (tertiary/aromatic N) is 1. The monoisotopic (exact) mass is 308 g/mol. The van der Waals surface area contributed by atoms with E-state index in [0.29, 0.717) is 5.56 Å². The van der Waals surface area contributed by atoms with Gasteiger partial charge in [-0.1, -0.05) is 18.2 Å². The van der Waals surface area contributed by atoms with Crippen molar-refractivity contribution in [2.24, 2.45) is 0 Å². The first-order chi connectivity index (χ1) is 10.4. The van der Waals surface area contributed by atoms with Crippen molar-refractivity contribution in [1.82, 2.24) is 10.3 Å². The highest BCUT2D eigenvalue weighted by molar-refractivity contribution is 5.79. The zero-order valence-electron chi connectivity index (χ0n) is 11.9. The lowest BCUT2D eigenvalue weighted by molar-refractivity contribution is -0.137. The number of alkyl halides is 3. The molecule has 0 aliphatic rings. The number of hydrogen-bond acceptors (Lipinski definition) is 2. The van der Waals surface area contributed by atoms with E-state index >= 15 is 0 Å². The van der Waals surface area contributed by atoms with Gasteiger partial charge in [0, 0.05) is 12.4 Å². The van der Waals surface area contributed by atoms with Crippen molar-refractivity contribution in [1.29, 1.82) is 0 Å². The van der Waals surface area contributed by atoms with Crippen molar-refractivity contribution >= 4 is 5.91 Å². The number of benzene rings is 1. The third kappa shape index (κ3) is 4.31. The zero-order valence-corrected chi connectivity index (χ0v) is 11.9. The van der Waals surface area contributed by atoms with Crippen molar-refractivity contribution in [3.63, 3.8) is 0 Å². The zero-order chi connectivity index (χ0) is 16.2. The van der Waals surface area contributed by atoms with Gasteiger partial charge in [-0.3, -0.25) is 9.78 Å². The van der Waals surface area contributed by atoms with Crippen molar-refractivity contribution in [2.45, 2.75) is 25.6 Å². The lowest BCUT2D eigenvalue weighted by Gasteiger charge is -2.14. The number of pyridine rings is 1. The number of amides is 1. The summed E-state index contributed by atoms with van der Waals surface area (Å²) in [5.74, 6) is -0.330. The molecule has 0 radical (unpaired) electrons. The van der Waals surface area contributed by atoms with Gasteiger partial charge in [0.15, 0.2) is 0 Å². The Hall–Kier alpha value is -2.37. The van der Waals surface area contributed by atoms with Crippen LogP contribution in [-0.2, 0) is 17.4 Å². The number of carbonyl (C=O) groups excluding carboxylic acids is 1. The summed E-state index contributed by atoms with van der Waals surface area (Å²) in [6.45, 7) is 1.80. The van der Waals surface area contributed by atoms with Crippen LogP contribution >= 0.6 is 0 Å². The minimum absolute atomic E-state index is 0.0979. The van der Waals surface area contributed by atoms with E-state index in [-0.39, 0.29) is 18.4 Å². The third-order valence-electron chi connectivity index (χ3n) is 3.20. The molecule has 0 aliphatic heterocycles. The van der Waals surface area contributed by atoms with E-state index in [1.54, 1.807) is 31.5 Å². The predicted octanol–water partition coefficient (Wildman–Crippen LogP) is 3.52. The van der Waals surface area contributed by atoms with E-state index in [1.165, 1.54) is 12.1 Å². The first-order valence-electron chi connectivity index (χ1n) is 6.71. The molecule has 0 spiro atoms. The molecule has 116 valence electrons. The largest absolute Gasteiger partial charge is 0.416 e. The fraction of sp³-hybridized carbons (Fsp3) is 0.250. The fourth-order valence-electron chi connectivity index (χ4n) is 2.07. The Balaban J connectivity index is 2.01. The van der Waals surface area contributed by atoms with Crippen LogP contribution in [0.5, 0.6) is 0 Å². The maximum Gasteiger partial charge on any atom is 0.416 e. The molecule has 0 saturated heterocycles. The molecule has 1 amide bonds. The van der Waals surface area contributed by atoms with Crippen LogP contribution in [0.25, 0.3) is 0 Å². The summed E-state index contributed by atoms with van der Waals surface area (Å²) in [5, 5.41) is 2.75. The van der Waals surface area contributed by atoms with Gasteiger partial charge in [0.1, 0.15) is 0 Å². The van der Waals surface area contributed by atoms with E-state index in [0.717, 1.165) is 17.7 Å².